The monoisotopic (exact) mass is 427 g/mol. The van der Waals surface area contributed by atoms with Gasteiger partial charge in [0, 0.05) is 37.6 Å². The summed E-state index contributed by atoms with van der Waals surface area (Å²) >= 11 is 7.73. The van der Waals surface area contributed by atoms with Crippen LogP contribution in [0.15, 0.2) is 41.8 Å². The lowest BCUT2D eigenvalue weighted by molar-refractivity contribution is -0.120. The van der Waals surface area contributed by atoms with Crippen LogP contribution in [0.4, 0.5) is 5.69 Å². The maximum atomic E-state index is 12.5. The summed E-state index contributed by atoms with van der Waals surface area (Å²) in [5, 5.41) is 5.27. The van der Waals surface area contributed by atoms with E-state index in [-0.39, 0.29) is 24.6 Å². The fraction of sp³-hybridized carbons (Fsp3) is 0.389. The highest BCUT2D eigenvalue weighted by atomic mass is 35.5. The molecule has 1 aliphatic rings. The molecule has 1 saturated heterocycles. The number of para-hydroxylation sites is 1. The number of carbonyl (C=O) groups excluding carboxylic acids is 1. The Morgan fingerprint density at radius 3 is 2.52 bits per heavy atom. The van der Waals surface area contributed by atoms with E-state index in [0.29, 0.717) is 31.2 Å². The highest BCUT2D eigenvalue weighted by Gasteiger charge is 2.27. The molecule has 0 bridgehead atoms. The van der Waals surface area contributed by atoms with E-state index < -0.39 is 10.0 Å². The van der Waals surface area contributed by atoms with Gasteiger partial charge in [-0.05, 0) is 23.6 Å². The fourth-order valence-electron chi connectivity index (χ4n) is 3.00. The standard InChI is InChI=1S/C18H22ClN3O3S2/c19-16-5-1-2-6-17(16)21-8-10-22(11-9-21)27(24,25)13-7-20-18(23)14-15-4-3-12-26-15/h1-6,12H,7-11,13-14H2,(H,20,23). The molecule has 0 unspecified atom stereocenters. The molecule has 27 heavy (non-hydrogen) atoms. The normalized spacial score (nSPS) is 15.7. The summed E-state index contributed by atoms with van der Waals surface area (Å²) in [5.41, 5.74) is 0.928. The molecule has 0 atom stereocenters. The van der Waals surface area contributed by atoms with E-state index in [1.165, 1.54) is 15.6 Å². The molecule has 1 aromatic heterocycles. The number of carbonyl (C=O) groups is 1. The van der Waals surface area contributed by atoms with Crippen LogP contribution in [0.25, 0.3) is 0 Å². The highest BCUT2D eigenvalue weighted by molar-refractivity contribution is 7.89. The zero-order valence-electron chi connectivity index (χ0n) is 14.8. The summed E-state index contributed by atoms with van der Waals surface area (Å²) < 4.78 is 26.5. The van der Waals surface area contributed by atoms with Crippen molar-refractivity contribution in [1.29, 1.82) is 0 Å². The molecule has 0 aliphatic carbocycles. The topological polar surface area (TPSA) is 69.7 Å². The van der Waals surface area contributed by atoms with E-state index in [9.17, 15) is 13.2 Å². The third-order valence-corrected chi connectivity index (χ3v) is 7.49. The predicted octanol–water partition coefficient (Wildman–Crippen LogP) is 2.21. The van der Waals surface area contributed by atoms with Crippen LogP contribution in [-0.2, 0) is 21.2 Å². The Kier molecular flexibility index (Phi) is 6.75. The van der Waals surface area contributed by atoms with E-state index in [0.717, 1.165) is 10.6 Å². The summed E-state index contributed by atoms with van der Waals surface area (Å²) in [4.78, 5) is 14.9. The second kappa shape index (κ2) is 9.05. The van der Waals surface area contributed by atoms with Crippen LogP contribution in [0.2, 0.25) is 5.02 Å². The summed E-state index contributed by atoms with van der Waals surface area (Å²) in [5.74, 6) is -0.244. The largest absolute Gasteiger partial charge is 0.368 e. The molecule has 0 radical (unpaired) electrons. The Hall–Kier alpha value is -1.61. The average Bonchev–Trinajstić information content (AvgIpc) is 3.15. The minimum Gasteiger partial charge on any atom is -0.368 e. The first kappa shape index (κ1) is 20.1. The van der Waals surface area contributed by atoms with Crippen molar-refractivity contribution in [2.24, 2.45) is 0 Å². The molecule has 0 spiro atoms. The van der Waals surface area contributed by atoms with Gasteiger partial charge in [-0.2, -0.15) is 4.31 Å². The second-order valence-electron chi connectivity index (χ2n) is 6.26. The van der Waals surface area contributed by atoms with Gasteiger partial charge in [0.2, 0.25) is 15.9 Å². The number of halogens is 1. The van der Waals surface area contributed by atoms with Crippen LogP contribution < -0.4 is 10.2 Å². The van der Waals surface area contributed by atoms with Crippen molar-refractivity contribution in [3.8, 4) is 0 Å². The number of thiophene rings is 1. The summed E-state index contributed by atoms with van der Waals surface area (Å²) in [6.07, 6.45) is 0.286. The van der Waals surface area contributed by atoms with Crippen LogP contribution in [-0.4, -0.2) is 57.1 Å². The van der Waals surface area contributed by atoms with Crippen LogP contribution in [0.5, 0.6) is 0 Å². The number of benzene rings is 1. The molecule has 6 nitrogen and oxygen atoms in total. The van der Waals surface area contributed by atoms with Gasteiger partial charge in [0.05, 0.1) is 22.9 Å². The maximum absolute atomic E-state index is 12.5. The highest BCUT2D eigenvalue weighted by Crippen LogP contribution is 2.26. The van der Waals surface area contributed by atoms with Crippen molar-refractivity contribution in [2.75, 3.05) is 43.4 Å². The first-order valence-corrected chi connectivity index (χ1v) is 11.6. The Bertz CT molecular complexity index is 864. The Balaban J connectivity index is 1.45. The zero-order valence-corrected chi connectivity index (χ0v) is 17.2. The lowest BCUT2D eigenvalue weighted by Crippen LogP contribution is -2.50. The number of rotatable bonds is 7. The summed E-state index contributed by atoms with van der Waals surface area (Å²) in [6.45, 7) is 2.13. The van der Waals surface area contributed by atoms with E-state index in [1.807, 2.05) is 41.8 Å². The number of anilines is 1. The molecule has 146 valence electrons. The minimum absolute atomic E-state index is 0.0880. The first-order valence-electron chi connectivity index (χ1n) is 8.72. The van der Waals surface area contributed by atoms with Crippen LogP contribution in [0, 0.1) is 0 Å². The van der Waals surface area contributed by atoms with E-state index in [1.54, 1.807) is 0 Å². The molecule has 0 saturated carbocycles. The zero-order chi connectivity index (χ0) is 19.3. The van der Waals surface area contributed by atoms with Crippen molar-refractivity contribution in [3.63, 3.8) is 0 Å². The molecule has 2 aromatic rings. The third-order valence-electron chi connectivity index (χ3n) is 4.42. The van der Waals surface area contributed by atoms with Gasteiger partial charge in [0.15, 0.2) is 0 Å². The molecule has 2 heterocycles. The maximum Gasteiger partial charge on any atom is 0.225 e. The number of amides is 1. The first-order chi connectivity index (χ1) is 13.0. The number of nitrogens with zero attached hydrogens (tertiary/aromatic N) is 2. The number of nitrogens with one attached hydrogen (secondary N) is 1. The predicted molar refractivity (Wildman–Crippen MR) is 110 cm³/mol. The van der Waals surface area contributed by atoms with Crippen molar-refractivity contribution in [3.05, 3.63) is 51.7 Å². The Morgan fingerprint density at radius 2 is 1.85 bits per heavy atom. The summed E-state index contributed by atoms with van der Waals surface area (Å²) in [6, 6.07) is 11.3. The molecule has 1 aromatic carbocycles. The van der Waals surface area contributed by atoms with Gasteiger partial charge in [-0.3, -0.25) is 4.79 Å². The molecule has 1 fully saturated rings. The average molecular weight is 428 g/mol. The number of piperazine rings is 1. The van der Waals surface area contributed by atoms with Crippen molar-refractivity contribution >= 4 is 44.6 Å². The molecule has 3 rings (SSSR count). The van der Waals surface area contributed by atoms with Gasteiger partial charge in [0.1, 0.15) is 0 Å². The molecule has 9 heteroatoms. The van der Waals surface area contributed by atoms with Gasteiger partial charge >= 0.3 is 0 Å². The molecule has 1 N–H and O–H groups in total. The smallest absolute Gasteiger partial charge is 0.225 e. The van der Waals surface area contributed by atoms with Gasteiger partial charge in [-0.1, -0.05) is 29.8 Å². The molecule has 1 amide bonds. The van der Waals surface area contributed by atoms with Crippen LogP contribution in [0.3, 0.4) is 0 Å². The van der Waals surface area contributed by atoms with Crippen molar-refractivity contribution < 1.29 is 13.2 Å². The lowest BCUT2D eigenvalue weighted by atomic mass is 10.2. The molecule has 1 aliphatic heterocycles. The second-order valence-corrected chi connectivity index (χ2v) is 9.79. The minimum atomic E-state index is -3.40. The van der Waals surface area contributed by atoms with Crippen molar-refractivity contribution in [1.82, 2.24) is 9.62 Å². The van der Waals surface area contributed by atoms with Gasteiger partial charge in [-0.25, -0.2) is 8.42 Å². The van der Waals surface area contributed by atoms with Crippen molar-refractivity contribution in [2.45, 2.75) is 6.42 Å². The van der Waals surface area contributed by atoms with Crippen LogP contribution in [0.1, 0.15) is 4.88 Å². The van der Waals surface area contributed by atoms with Gasteiger partial charge < -0.3 is 10.2 Å². The van der Waals surface area contributed by atoms with E-state index in [4.69, 9.17) is 11.6 Å². The van der Waals surface area contributed by atoms with Gasteiger partial charge in [-0.15, -0.1) is 11.3 Å². The van der Waals surface area contributed by atoms with Gasteiger partial charge in [0.25, 0.3) is 0 Å². The quantitative estimate of drug-likeness (QED) is 0.735. The third kappa shape index (κ3) is 5.44. The molecular weight excluding hydrogens is 406 g/mol. The summed E-state index contributed by atoms with van der Waals surface area (Å²) in [7, 11) is -3.40. The Morgan fingerprint density at radius 1 is 1.11 bits per heavy atom. The number of sulfonamides is 1. The van der Waals surface area contributed by atoms with E-state index in [2.05, 4.69) is 10.2 Å². The SMILES string of the molecule is O=C(Cc1cccs1)NCCS(=O)(=O)N1CCN(c2ccccc2Cl)CC1. The number of hydrogen-bond acceptors (Lipinski definition) is 5. The van der Waals surface area contributed by atoms with Crippen LogP contribution >= 0.6 is 22.9 Å². The lowest BCUT2D eigenvalue weighted by Gasteiger charge is -2.35. The molecular formula is C18H22ClN3O3S2. The number of hydrogen-bond donors (Lipinski definition) is 1. The fourth-order valence-corrected chi connectivity index (χ4v) is 5.29. The Labute approximate surface area is 168 Å². The van der Waals surface area contributed by atoms with E-state index >= 15 is 0 Å².